The third kappa shape index (κ3) is 15.5. The number of fused-ring (bicyclic) bond motifs is 5. The van der Waals surface area contributed by atoms with Gasteiger partial charge < -0.3 is 9.13 Å². The molecular weight excluding hydrogens is 1040 g/mol. The van der Waals surface area contributed by atoms with E-state index in [4.69, 9.17) is 0 Å². The topological polar surface area (TPSA) is 9.86 Å². The predicted octanol–water partition coefficient (Wildman–Crippen LogP) is 25.2. The van der Waals surface area contributed by atoms with Gasteiger partial charge in [-0.25, -0.2) is 8.78 Å². The van der Waals surface area contributed by atoms with Crippen molar-refractivity contribution in [2.75, 3.05) is 0 Å². The number of nitrogens with zero attached hydrogens (tertiary/aromatic N) is 2. The van der Waals surface area contributed by atoms with Crippen molar-refractivity contribution in [2.24, 2.45) is 0 Å². The molecule has 0 bridgehead atoms. The third-order valence-electron chi connectivity index (χ3n) is 16.6. The Bertz CT molecular complexity index is 2850. The van der Waals surface area contributed by atoms with Crippen LogP contribution in [0.2, 0.25) is 0 Å². The van der Waals surface area contributed by atoms with Gasteiger partial charge in [0.25, 0.3) is 0 Å². The molecule has 0 saturated carbocycles. The Balaban J connectivity index is 1.25. The molecule has 0 aliphatic rings. The van der Waals surface area contributed by atoms with Gasteiger partial charge >= 0.3 is 0 Å². The van der Waals surface area contributed by atoms with Crippen LogP contribution in [0.1, 0.15) is 242 Å². The predicted molar refractivity (Wildman–Crippen MR) is 346 cm³/mol. The average molecular weight is 1130 g/mol. The molecule has 6 aromatic heterocycles. The highest BCUT2D eigenvalue weighted by Gasteiger charge is 2.26. The van der Waals surface area contributed by atoms with Crippen LogP contribution in [0, 0.1) is 11.6 Å². The van der Waals surface area contributed by atoms with E-state index in [0.29, 0.717) is 11.1 Å². The van der Waals surface area contributed by atoms with E-state index < -0.39 is 0 Å². The van der Waals surface area contributed by atoms with Gasteiger partial charge in [0.05, 0.1) is 22.1 Å². The molecule has 6 heterocycles. The first kappa shape index (κ1) is 60.5. The zero-order valence-electron chi connectivity index (χ0n) is 49.1. The Morgan fingerprint density at radius 1 is 0.333 bits per heavy atom. The molecule has 0 unspecified atom stereocenters. The lowest BCUT2D eigenvalue weighted by molar-refractivity contribution is 0.569. The van der Waals surface area contributed by atoms with Gasteiger partial charge in [-0.3, -0.25) is 0 Å². The van der Waals surface area contributed by atoms with E-state index in [-0.39, 0.29) is 11.6 Å². The monoisotopic (exact) mass is 1130 g/mol. The SMILES string of the molecule is CCCCCCCCn1c2cc(-c3cc(CCCCCC)c(-c4ccc(CCCCCC)s4)s3)c(F)cc2c2c1c1cc(F)c(-c3cc(CCCCCC)c(-c4ccc(CCCCCC)s4)s3)cc1n2CCCCCCCC. The summed E-state index contributed by atoms with van der Waals surface area (Å²) in [6.45, 7) is 15.3. The van der Waals surface area contributed by atoms with Crippen molar-refractivity contribution in [3.05, 3.63) is 93.2 Å². The van der Waals surface area contributed by atoms with E-state index in [1.54, 1.807) is 22.7 Å². The van der Waals surface area contributed by atoms with Crippen molar-refractivity contribution < 1.29 is 8.78 Å². The molecular formula is C70H96F2N2S4. The quantitative estimate of drug-likeness (QED) is 0.0341. The lowest BCUT2D eigenvalue weighted by atomic mass is 10.0. The van der Waals surface area contributed by atoms with Gasteiger partial charge in [-0.2, -0.15) is 0 Å². The zero-order chi connectivity index (χ0) is 54.6. The highest BCUT2D eigenvalue weighted by atomic mass is 32.1. The van der Waals surface area contributed by atoms with Gasteiger partial charge in [-0.1, -0.05) is 183 Å². The minimum Gasteiger partial charge on any atom is -0.339 e. The van der Waals surface area contributed by atoms with E-state index >= 15 is 8.78 Å². The highest BCUT2D eigenvalue weighted by Crippen LogP contribution is 2.48. The summed E-state index contributed by atoms with van der Waals surface area (Å²) < 4.78 is 40.1. The van der Waals surface area contributed by atoms with Crippen LogP contribution in [0.25, 0.3) is 73.2 Å². The van der Waals surface area contributed by atoms with Crippen molar-refractivity contribution in [3.8, 4) is 40.4 Å². The fourth-order valence-corrected chi connectivity index (χ4v) is 16.9. The first-order valence-electron chi connectivity index (χ1n) is 31.7. The fourth-order valence-electron chi connectivity index (χ4n) is 12.1. The number of thiophene rings is 4. The van der Waals surface area contributed by atoms with Crippen LogP contribution >= 0.6 is 45.3 Å². The van der Waals surface area contributed by atoms with Gasteiger partial charge in [0.2, 0.25) is 0 Å². The number of hydrogen-bond donors (Lipinski definition) is 0. The largest absolute Gasteiger partial charge is 0.339 e. The normalized spacial score (nSPS) is 12.1. The molecule has 2 aromatic carbocycles. The molecule has 2 nitrogen and oxygen atoms in total. The molecule has 0 radical (unpaired) electrons. The summed E-state index contributed by atoms with van der Waals surface area (Å²) in [7, 11) is 0. The van der Waals surface area contributed by atoms with Gasteiger partial charge in [0.15, 0.2) is 0 Å². The van der Waals surface area contributed by atoms with Crippen LogP contribution in [-0.4, -0.2) is 9.13 Å². The summed E-state index contributed by atoms with van der Waals surface area (Å²) in [5.41, 5.74) is 8.42. The molecule has 8 rings (SSSR count). The Morgan fingerprint density at radius 2 is 0.667 bits per heavy atom. The van der Waals surface area contributed by atoms with Crippen LogP contribution in [0.15, 0.2) is 60.7 Å². The molecule has 0 aliphatic heterocycles. The molecule has 0 aliphatic carbocycles. The number of hydrogen-bond acceptors (Lipinski definition) is 4. The second-order valence-corrected chi connectivity index (χ2v) is 27.4. The molecule has 0 atom stereocenters. The number of unbranched alkanes of at least 4 members (excludes halogenated alkanes) is 22. The van der Waals surface area contributed by atoms with Crippen LogP contribution in [0.5, 0.6) is 0 Å². The first-order chi connectivity index (χ1) is 38.3. The third-order valence-corrected chi connectivity index (χ3v) is 21.6. The van der Waals surface area contributed by atoms with Gasteiger partial charge in [-0.05, 0) is 136 Å². The van der Waals surface area contributed by atoms with E-state index in [1.165, 1.54) is 182 Å². The first-order valence-corrected chi connectivity index (χ1v) is 35.0. The average Bonchev–Trinajstić information content (AvgIpc) is 4.08. The van der Waals surface area contributed by atoms with E-state index in [9.17, 15) is 0 Å². The smallest absolute Gasteiger partial charge is 0.132 e. The number of benzene rings is 2. The molecule has 0 saturated heterocycles. The summed E-state index contributed by atoms with van der Waals surface area (Å²) in [6.07, 6.45) is 38.3. The van der Waals surface area contributed by atoms with Crippen LogP contribution < -0.4 is 0 Å². The minimum atomic E-state index is -0.159. The molecule has 0 spiro atoms. The summed E-state index contributed by atoms with van der Waals surface area (Å²) in [5, 5.41) is 1.92. The lowest BCUT2D eigenvalue weighted by Gasteiger charge is -2.12. The van der Waals surface area contributed by atoms with Crippen molar-refractivity contribution in [2.45, 2.75) is 260 Å². The number of halogens is 2. The summed E-state index contributed by atoms with van der Waals surface area (Å²) in [6, 6.07) is 22.1. The highest BCUT2D eigenvalue weighted by molar-refractivity contribution is 7.24. The second kappa shape index (κ2) is 31.6. The maximum atomic E-state index is 17.6. The van der Waals surface area contributed by atoms with Crippen LogP contribution in [0.3, 0.4) is 0 Å². The van der Waals surface area contributed by atoms with E-state index in [1.807, 2.05) is 34.8 Å². The molecule has 0 N–H and O–H groups in total. The zero-order valence-corrected chi connectivity index (χ0v) is 52.4. The Labute approximate surface area is 486 Å². The second-order valence-electron chi connectivity index (χ2n) is 22.9. The maximum Gasteiger partial charge on any atom is 0.132 e. The van der Waals surface area contributed by atoms with Crippen LogP contribution in [0.4, 0.5) is 8.78 Å². The molecule has 424 valence electrons. The standard InChI is InChI=1S/C70H96F2N2S4/c1-7-13-19-25-27-33-43-73-61-49-55(65-45-51(35-29-21-15-9-3)69(77-65)63-41-39-53(75-63)37-31-23-17-11-5)59(71)47-57(61)68-67(73)58-48-60(72)56(50-62(58)74(68)44-34-28-26-20-14-8-2)66-46-52(36-30-22-16-10-4)70(78-66)64-42-40-54(76-64)38-32-24-18-12-6/h39-42,45-50H,7-38,43-44H2,1-6H3. The van der Waals surface area contributed by atoms with Gasteiger partial charge in [0, 0.05) is 74.0 Å². The summed E-state index contributed by atoms with van der Waals surface area (Å²) in [4.78, 5) is 10.2. The molecule has 78 heavy (non-hydrogen) atoms. The minimum absolute atomic E-state index is 0.159. The van der Waals surface area contributed by atoms with Crippen molar-refractivity contribution in [1.29, 1.82) is 0 Å². The summed E-state index contributed by atoms with van der Waals surface area (Å²) >= 11 is 7.47. The molecule has 8 heteroatoms. The van der Waals surface area contributed by atoms with Crippen molar-refractivity contribution in [3.63, 3.8) is 0 Å². The van der Waals surface area contributed by atoms with E-state index in [0.717, 1.165) is 120 Å². The Morgan fingerprint density at radius 3 is 1.04 bits per heavy atom. The fraction of sp³-hybridized carbons (Fsp3) is 0.571. The number of aromatic nitrogens is 2. The number of aryl methyl sites for hydroxylation is 6. The molecule has 0 amide bonds. The van der Waals surface area contributed by atoms with Crippen LogP contribution in [-0.2, 0) is 38.8 Å². The van der Waals surface area contributed by atoms with Gasteiger partial charge in [0.1, 0.15) is 11.6 Å². The summed E-state index contributed by atoms with van der Waals surface area (Å²) in [5.74, 6) is -0.319. The Kier molecular flexibility index (Phi) is 24.5. The van der Waals surface area contributed by atoms with E-state index in [2.05, 4.69) is 99.2 Å². The van der Waals surface area contributed by atoms with Crippen molar-refractivity contribution in [1.82, 2.24) is 9.13 Å². The maximum absolute atomic E-state index is 17.6. The Hall–Kier alpha value is -3.56. The molecule has 0 fully saturated rings. The van der Waals surface area contributed by atoms with Gasteiger partial charge in [-0.15, -0.1) is 45.3 Å². The van der Waals surface area contributed by atoms with Crippen molar-refractivity contribution >= 4 is 78.2 Å². The number of rotatable bonds is 38. The molecule has 8 aromatic rings. The lowest BCUT2D eigenvalue weighted by Crippen LogP contribution is -1.99.